The molecule has 17 heavy (non-hydrogen) atoms. The van der Waals surface area contributed by atoms with E-state index in [1.807, 2.05) is 0 Å². The van der Waals surface area contributed by atoms with Crippen LogP contribution in [0.5, 0.6) is 0 Å². The fraction of sp³-hybridized carbons (Fsp3) is 0.600. The number of carbonyl (C=O) groups excluding carboxylic acids is 2. The number of methoxy groups -OCH3 is 2. The second-order valence-corrected chi connectivity index (χ2v) is 2.89. The van der Waals surface area contributed by atoms with Crippen LogP contribution in [0.15, 0.2) is 0 Å². The van der Waals surface area contributed by atoms with Crippen LogP contribution in [0.1, 0.15) is 19.8 Å². The molecule has 0 amide bonds. The molecular formula is C10H14NO6. The van der Waals surface area contributed by atoms with Gasteiger partial charge < -0.3 is 14.6 Å². The Bertz CT molecular complexity index is 308. The molecule has 7 nitrogen and oxygen atoms in total. The zero-order chi connectivity index (χ0) is 13.9. The van der Waals surface area contributed by atoms with Crippen LogP contribution < -0.4 is 0 Å². The van der Waals surface area contributed by atoms with E-state index in [0.29, 0.717) is 0 Å². The van der Waals surface area contributed by atoms with Crippen LogP contribution in [0.2, 0.25) is 0 Å². The third-order valence-corrected chi connectivity index (χ3v) is 1.98. The fourth-order valence-corrected chi connectivity index (χ4v) is 0.837. The van der Waals surface area contributed by atoms with Crippen molar-refractivity contribution in [3.05, 3.63) is 0 Å². The van der Waals surface area contributed by atoms with Gasteiger partial charge in [0.15, 0.2) is 5.41 Å². The first kappa shape index (κ1) is 17.3. The summed E-state index contributed by atoms with van der Waals surface area (Å²) in [4.78, 5) is 30.3. The molecule has 0 bridgehead atoms. The van der Waals surface area contributed by atoms with E-state index in [2.05, 4.69) is 9.47 Å². The quantitative estimate of drug-likeness (QED) is 0.689. The molecule has 0 rings (SSSR count). The van der Waals surface area contributed by atoms with Crippen molar-refractivity contribution < 1.29 is 29.0 Å². The second kappa shape index (κ2) is 9.15. The van der Waals surface area contributed by atoms with E-state index in [0.717, 1.165) is 7.11 Å². The van der Waals surface area contributed by atoms with Gasteiger partial charge >= 0.3 is 18.4 Å². The summed E-state index contributed by atoms with van der Waals surface area (Å²) in [6.45, 7) is 2.72. The Morgan fingerprint density at radius 3 is 2.06 bits per heavy atom. The molecule has 1 N–H and O–H groups in total. The highest BCUT2D eigenvalue weighted by molar-refractivity contribution is 5.84. The summed E-state index contributed by atoms with van der Waals surface area (Å²) in [6.07, 6.45) is -0.334. The number of aliphatic carboxylic acids is 1. The maximum absolute atomic E-state index is 10.8. The topological polar surface area (TPSA) is 114 Å². The predicted octanol–water partition coefficient (Wildman–Crippen LogP) is 0.254. The first-order valence-electron chi connectivity index (χ1n) is 4.55. The summed E-state index contributed by atoms with van der Waals surface area (Å²) in [7, 11) is 2.41. The van der Waals surface area contributed by atoms with Crippen LogP contribution in [0.25, 0.3) is 0 Å². The molecule has 95 valence electrons. The van der Waals surface area contributed by atoms with E-state index in [1.165, 1.54) is 13.6 Å². The van der Waals surface area contributed by atoms with E-state index in [-0.39, 0.29) is 6.42 Å². The molecule has 1 unspecified atom stereocenters. The van der Waals surface area contributed by atoms with Gasteiger partial charge in [-0.15, -0.1) is 0 Å². The van der Waals surface area contributed by atoms with E-state index in [1.54, 1.807) is 13.0 Å². The van der Waals surface area contributed by atoms with Crippen LogP contribution in [0, 0.1) is 16.7 Å². The summed E-state index contributed by atoms with van der Waals surface area (Å²) in [5.74, 6) is -1.98. The van der Waals surface area contributed by atoms with E-state index in [4.69, 9.17) is 15.2 Å². The number of hydrogen-bond acceptors (Lipinski definition) is 6. The molecule has 0 fully saturated rings. The van der Waals surface area contributed by atoms with Crippen molar-refractivity contribution in [2.24, 2.45) is 5.41 Å². The molecule has 0 heterocycles. The molecule has 0 aliphatic carbocycles. The molecule has 1 radical (unpaired) electrons. The van der Waals surface area contributed by atoms with Crippen molar-refractivity contribution in [3.8, 4) is 6.07 Å². The number of hydrogen-bond donors (Lipinski definition) is 1. The Balaban J connectivity index is 0. The lowest BCUT2D eigenvalue weighted by Crippen LogP contribution is -2.31. The van der Waals surface area contributed by atoms with Crippen LogP contribution in [-0.4, -0.2) is 37.7 Å². The number of carboxylic acids is 1. The zero-order valence-electron chi connectivity index (χ0n) is 9.85. The number of carboxylic acid groups (broad SMARTS) is 1. The van der Waals surface area contributed by atoms with Gasteiger partial charge in [0, 0.05) is 0 Å². The average molecular weight is 244 g/mol. The summed E-state index contributed by atoms with van der Waals surface area (Å²) in [5.41, 5.74) is -1.65. The smallest absolute Gasteiger partial charge is 0.417 e. The van der Waals surface area contributed by atoms with Gasteiger partial charge in [-0.1, -0.05) is 6.92 Å². The Morgan fingerprint density at radius 2 is 1.88 bits per heavy atom. The summed E-state index contributed by atoms with van der Waals surface area (Å²) < 4.78 is 8.04. The summed E-state index contributed by atoms with van der Waals surface area (Å²) >= 11 is 0. The zero-order valence-corrected chi connectivity index (χ0v) is 9.85. The first-order chi connectivity index (χ1) is 7.93. The molecule has 0 aliphatic heterocycles. The van der Waals surface area contributed by atoms with Gasteiger partial charge in [0.25, 0.3) is 0 Å². The largest absolute Gasteiger partial charge is 0.480 e. The Labute approximate surface area is 98.9 Å². The molecule has 7 heteroatoms. The van der Waals surface area contributed by atoms with Crippen molar-refractivity contribution in [1.29, 1.82) is 5.26 Å². The van der Waals surface area contributed by atoms with Gasteiger partial charge in [-0.25, -0.2) is 4.79 Å². The highest BCUT2D eigenvalue weighted by Crippen LogP contribution is 2.26. The number of nitriles is 1. The third-order valence-electron chi connectivity index (χ3n) is 1.98. The maximum Gasteiger partial charge on any atom is 0.417 e. The molecule has 1 atom stereocenters. The predicted molar refractivity (Wildman–Crippen MR) is 55.3 cm³/mol. The van der Waals surface area contributed by atoms with Crippen LogP contribution in [-0.2, 0) is 23.9 Å². The lowest BCUT2D eigenvalue weighted by atomic mass is 9.83. The molecule has 0 saturated carbocycles. The number of ether oxygens (including phenoxy) is 2. The van der Waals surface area contributed by atoms with Crippen molar-refractivity contribution in [2.75, 3.05) is 14.2 Å². The molecule has 0 saturated heterocycles. The second-order valence-electron chi connectivity index (χ2n) is 2.89. The van der Waals surface area contributed by atoms with E-state index in [9.17, 15) is 9.59 Å². The molecule has 0 aromatic carbocycles. The first-order valence-corrected chi connectivity index (χ1v) is 4.55. The minimum atomic E-state index is -1.65. The molecular weight excluding hydrogens is 230 g/mol. The van der Waals surface area contributed by atoms with E-state index >= 15 is 0 Å². The molecule has 0 aromatic rings. The minimum absolute atomic E-state index is 0.0773. The molecule has 0 spiro atoms. The van der Waals surface area contributed by atoms with Crippen LogP contribution >= 0.6 is 0 Å². The minimum Gasteiger partial charge on any atom is -0.480 e. The number of rotatable bonds is 5. The maximum atomic E-state index is 10.8. The number of carbonyl (C=O) groups is 2. The van der Waals surface area contributed by atoms with Crippen molar-refractivity contribution in [2.45, 2.75) is 19.8 Å². The highest BCUT2D eigenvalue weighted by atomic mass is 16.5. The lowest BCUT2D eigenvalue weighted by molar-refractivity contribution is -0.153. The number of esters is 1. The van der Waals surface area contributed by atoms with Gasteiger partial charge in [0.05, 0.1) is 26.7 Å². The molecule has 0 aromatic heterocycles. The lowest BCUT2D eigenvalue weighted by Gasteiger charge is -2.17. The normalized spacial score (nSPS) is 11.9. The Kier molecular flexibility index (Phi) is 9.31. The average Bonchev–Trinajstić information content (AvgIpc) is 2.35. The van der Waals surface area contributed by atoms with Crippen molar-refractivity contribution in [1.82, 2.24) is 0 Å². The number of nitrogens with zero attached hydrogens (tertiary/aromatic N) is 1. The fourth-order valence-electron chi connectivity index (χ4n) is 0.837. The van der Waals surface area contributed by atoms with Gasteiger partial charge in [0.1, 0.15) is 0 Å². The van der Waals surface area contributed by atoms with Gasteiger partial charge in [-0.2, -0.15) is 5.26 Å². The van der Waals surface area contributed by atoms with Crippen molar-refractivity contribution in [3.63, 3.8) is 0 Å². The van der Waals surface area contributed by atoms with Gasteiger partial charge in [-0.3, -0.25) is 9.59 Å². The highest BCUT2D eigenvalue weighted by Gasteiger charge is 2.39. The van der Waals surface area contributed by atoms with Gasteiger partial charge in [0.2, 0.25) is 0 Å². The van der Waals surface area contributed by atoms with Crippen LogP contribution in [0.4, 0.5) is 0 Å². The van der Waals surface area contributed by atoms with Gasteiger partial charge in [-0.05, 0) is 6.42 Å². The Hall–Kier alpha value is -2.10. The van der Waals surface area contributed by atoms with E-state index < -0.39 is 23.8 Å². The molecule has 0 aliphatic rings. The summed E-state index contributed by atoms with van der Waals surface area (Å²) in [5, 5.41) is 17.4. The standard InChI is InChI=1S/C8H11NO4.C2H3O2/c1-3-8(5-9,7(11)12)4-6(10)13-2;1-4-2-3/h3-4H2,1-2H3,(H,11,12);1H3. The third kappa shape index (κ3) is 6.14. The van der Waals surface area contributed by atoms with Crippen molar-refractivity contribution >= 4 is 18.4 Å². The summed E-state index contributed by atoms with van der Waals surface area (Å²) in [6, 6.07) is 1.63. The Morgan fingerprint density at radius 1 is 1.41 bits per heavy atom. The monoisotopic (exact) mass is 244 g/mol. The van der Waals surface area contributed by atoms with Crippen LogP contribution in [0.3, 0.4) is 0 Å². The SMILES string of the molecule is CCC(C#N)(CC(=O)OC)C(=O)O.CO[C]=O.